The van der Waals surface area contributed by atoms with Gasteiger partial charge in [-0.25, -0.2) is 0 Å². The monoisotopic (exact) mass is 303 g/mol. The Morgan fingerprint density at radius 1 is 1.33 bits per heavy atom. The van der Waals surface area contributed by atoms with Gasteiger partial charge in [0, 0.05) is 12.1 Å². The molecule has 0 bridgehead atoms. The van der Waals surface area contributed by atoms with Crippen LogP contribution in [0.25, 0.3) is 0 Å². The van der Waals surface area contributed by atoms with Crippen LogP contribution >= 0.6 is 11.3 Å². The number of carboxylic acids is 1. The van der Waals surface area contributed by atoms with E-state index in [9.17, 15) is 9.59 Å². The quantitative estimate of drug-likeness (QED) is 0.858. The second-order valence-electron chi connectivity index (χ2n) is 4.87. The lowest BCUT2D eigenvalue weighted by Crippen LogP contribution is -2.13. The van der Waals surface area contributed by atoms with Gasteiger partial charge >= 0.3 is 5.97 Å². The first-order valence-corrected chi connectivity index (χ1v) is 7.64. The van der Waals surface area contributed by atoms with Gasteiger partial charge in [-0.1, -0.05) is 12.1 Å². The van der Waals surface area contributed by atoms with Crippen molar-refractivity contribution in [3.63, 3.8) is 0 Å². The molecule has 0 aliphatic carbocycles. The zero-order valence-electron chi connectivity index (χ0n) is 11.7. The highest BCUT2D eigenvalue weighted by molar-refractivity contribution is 7.07. The lowest BCUT2D eigenvalue weighted by molar-refractivity contribution is -0.138. The van der Waals surface area contributed by atoms with Crippen molar-refractivity contribution in [2.45, 2.75) is 25.7 Å². The van der Waals surface area contributed by atoms with Crippen LogP contribution in [0.5, 0.6) is 0 Å². The Morgan fingerprint density at radius 2 is 2.14 bits per heavy atom. The summed E-state index contributed by atoms with van der Waals surface area (Å²) in [4.78, 5) is 22.9. The Balaban J connectivity index is 1.94. The molecule has 4 nitrogen and oxygen atoms in total. The summed E-state index contributed by atoms with van der Waals surface area (Å²) in [5.74, 6) is -1.54. The molecule has 1 aromatic heterocycles. The number of anilines is 1. The molecular formula is C16H17NO3S. The predicted octanol–water partition coefficient (Wildman–Crippen LogP) is 3.51. The number of rotatable bonds is 6. The lowest BCUT2D eigenvalue weighted by Gasteiger charge is -2.10. The van der Waals surface area contributed by atoms with Crippen LogP contribution in [-0.2, 0) is 16.0 Å². The summed E-state index contributed by atoms with van der Waals surface area (Å²) in [5.41, 5.74) is 2.47. The van der Waals surface area contributed by atoms with Gasteiger partial charge in [-0.2, -0.15) is 11.3 Å². The van der Waals surface area contributed by atoms with Gasteiger partial charge in [0.2, 0.25) is 5.91 Å². The van der Waals surface area contributed by atoms with Gasteiger partial charge in [0.05, 0.1) is 5.92 Å². The molecule has 2 aromatic rings. The number of hydrogen-bond donors (Lipinski definition) is 2. The van der Waals surface area contributed by atoms with E-state index in [2.05, 4.69) is 5.32 Å². The highest BCUT2D eigenvalue weighted by Crippen LogP contribution is 2.19. The number of aliphatic carboxylic acids is 1. The van der Waals surface area contributed by atoms with Crippen LogP contribution in [0, 0.1) is 0 Å². The number of nitrogens with one attached hydrogen (secondary N) is 1. The molecule has 2 N–H and O–H groups in total. The average molecular weight is 303 g/mol. The second kappa shape index (κ2) is 7.04. The number of benzene rings is 1. The number of thiophene rings is 1. The van der Waals surface area contributed by atoms with Gasteiger partial charge in [-0.05, 0) is 53.4 Å². The summed E-state index contributed by atoms with van der Waals surface area (Å²) >= 11 is 1.62. The van der Waals surface area contributed by atoms with Gasteiger partial charge < -0.3 is 10.4 Å². The average Bonchev–Trinajstić information content (AvgIpc) is 2.98. The van der Waals surface area contributed by atoms with E-state index in [1.165, 1.54) is 0 Å². The maximum atomic E-state index is 11.9. The molecule has 0 aliphatic heterocycles. The van der Waals surface area contributed by atoms with E-state index in [1.54, 1.807) is 42.5 Å². The summed E-state index contributed by atoms with van der Waals surface area (Å²) in [6.07, 6.45) is 1.12. The first-order chi connectivity index (χ1) is 10.1. The Kier molecular flexibility index (Phi) is 5.11. The molecule has 1 amide bonds. The van der Waals surface area contributed by atoms with Crippen LogP contribution in [0.1, 0.15) is 30.4 Å². The van der Waals surface area contributed by atoms with Crippen LogP contribution in [-0.4, -0.2) is 17.0 Å². The number of aryl methyl sites for hydroxylation is 1. The Morgan fingerprint density at radius 3 is 2.81 bits per heavy atom. The lowest BCUT2D eigenvalue weighted by atomic mass is 10.0. The highest BCUT2D eigenvalue weighted by atomic mass is 32.1. The molecule has 0 saturated carbocycles. The van der Waals surface area contributed by atoms with Crippen molar-refractivity contribution >= 4 is 28.9 Å². The van der Waals surface area contributed by atoms with E-state index >= 15 is 0 Å². The molecule has 1 aromatic carbocycles. The standard InChI is InChI=1S/C16H17NO3S/c1-11(16(19)20)13-3-2-4-14(9-13)17-15(18)6-5-12-7-8-21-10-12/h2-4,7-11H,5-6H2,1H3,(H,17,18)(H,19,20). The molecule has 1 atom stereocenters. The Hall–Kier alpha value is -2.14. The molecule has 21 heavy (non-hydrogen) atoms. The van der Waals surface area contributed by atoms with Crippen LogP contribution in [0.4, 0.5) is 5.69 Å². The summed E-state index contributed by atoms with van der Waals surface area (Å²) in [6.45, 7) is 1.62. The maximum Gasteiger partial charge on any atom is 0.310 e. The topological polar surface area (TPSA) is 66.4 Å². The summed E-state index contributed by atoms with van der Waals surface area (Å²) < 4.78 is 0. The summed E-state index contributed by atoms with van der Waals surface area (Å²) in [6, 6.07) is 8.98. The third-order valence-corrected chi connectivity index (χ3v) is 3.99. The molecule has 1 heterocycles. The van der Waals surface area contributed by atoms with Crippen molar-refractivity contribution in [1.29, 1.82) is 0 Å². The third-order valence-electron chi connectivity index (χ3n) is 3.26. The van der Waals surface area contributed by atoms with Crippen LogP contribution in [0.2, 0.25) is 0 Å². The van der Waals surface area contributed by atoms with E-state index in [-0.39, 0.29) is 5.91 Å². The second-order valence-corrected chi connectivity index (χ2v) is 5.65. The molecular weight excluding hydrogens is 286 g/mol. The fourth-order valence-corrected chi connectivity index (χ4v) is 2.65. The number of carboxylic acid groups (broad SMARTS) is 1. The van der Waals surface area contributed by atoms with Crippen LogP contribution in [0.3, 0.4) is 0 Å². The van der Waals surface area contributed by atoms with Gasteiger partial charge in [0.25, 0.3) is 0 Å². The fraction of sp³-hybridized carbons (Fsp3) is 0.250. The summed E-state index contributed by atoms with van der Waals surface area (Å²) in [7, 11) is 0. The predicted molar refractivity (Wildman–Crippen MR) is 83.8 cm³/mol. The van der Waals surface area contributed by atoms with Crippen LogP contribution in [0.15, 0.2) is 41.1 Å². The van der Waals surface area contributed by atoms with Crippen molar-refractivity contribution < 1.29 is 14.7 Å². The van der Waals surface area contributed by atoms with Crippen molar-refractivity contribution in [2.75, 3.05) is 5.32 Å². The fourth-order valence-electron chi connectivity index (χ4n) is 1.94. The number of carbonyl (C=O) groups excluding carboxylic acids is 1. The SMILES string of the molecule is CC(C(=O)O)c1cccc(NC(=O)CCc2ccsc2)c1. The normalized spacial score (nSPS) is 11.9. The number of hydrogen-bond acceptors (Lipinski definition) is 3. The molecule has 2 rings (SSSR count). The van der Waals surface area contributed by atoms with E-state index in [0.717, 1.165) is 5.56 Å². The Labute approximate surface area is 127 Å². The molecule has 0 saturated heterocycles. The van der Waals surface area contributed by atoms with E-state index in [4.69, 9.17) is 5.11 Å². The molecule has 0 aliphatic rings. The van der Waals surface area contributed by atoms with Crippen LogP contribution < -0.4 is 5.32 Å². The van der Waals surface area contributed by atoms with Crippen molar-refractivity contribution in [2.24, 2.45) is 0 Å². The first-order valence-electron chi connectivity index (χ1n) is 6.70. The van der Waals surface area contributed by atoms with Gasteiger partial charge in [0.15, 0.2) is 0 Å². The zero-order chi connectivity index (χ0) is 15.2. The molecule has 1 unspecified atom stereocenters. The van der Waals surface area contributed by atoms with Crippen molar-refractivity contribution in [3.05, 3.63) is 52.2 Å². The van der Waals surface area contributed by atoms with Gasteiger partial charge in [-0.15, -0.1) is 0 Å². The highest BCUT2D eigenvalue weighted by Gasteiger charge is 2.14. The largest absolute Gasteiger partial charge is 0.481 e. The first kappa shape index (κ1) is 15.3. The molecule has 0 spiro atoms. The minimum Gasteiger partial charge on any atom is -0.481 e. The minimum absolute atomic E-state index is 0.0682. The van der Waals surface area contributed by atoms with E-state index in [0.29, 0.717) is 24.1 Å². The van der Waals surface area contributed by atoms with Gasteiger partial charge in [-0.3, -0.25) is 9.59 Å². The minimum atomic E-state index is -0.879. The van der Waals surface area contributed by atoms with E-state index in [1.807, 2.05) is 16.8 Å². The number of amides is 1. The molecule has 110 valence electrons. The zero-order valence-corrected chi connectivity index (χ0v) is 12.5. The molecule has 5 heteroatoms. The molecule has 0 fully saturated rings. The maximum absolute atomic E-state index is 11.9. The smallest absolute Gasteiger partial charge is 0.310 e. The Bertz CT molecular complexity index is 622. The molecule has 0 radical (unpaired) electrons. The van der Waals surface area contributed by atoms with Crippen molar-refractivity contribution in [1.82, 2.24) is 0 Å². The number of carbonyl (C=O) groups is 2. The van der Waals surface area contributed by atoms with Gasteiger partial charge in [0.1, 0.15) is 0 Å². The van der Waals surface area contributed by atoms with E-state index < -0.39 is 11.9 Å². The van der Waals surface area contributed by atoms with Crippen molar-refractivity contribution in [3.8, 4) is 0 Å². The summed E-state index contributed by atoms with van der Waals surface area (Å²) in [5, 5.41) is 15.8. The third kappa shape index (κ3) is 4.43.